The molecule has 0 saturated carbocycles. The van der Waals surface area contributed by atoms with Gasteiger partial charge in [0.05, 0.1) is 10.6 Å². The topological polar surface area (TPSA) is 143 Å². The number of alkyl halides is 3. The van der Waals surface area contributed by atoms with Crippen molar-refractivity contribution in [3.63, 3.8) is 0 Å². The van der Waals surface area contributed by atoms with Crippen molar-refractivity contribution in [3.8, 4) is 16.8 Å². The van der Waals surface area contributed by atoms with Gasteiger partial charge in [0.15, 0.2) is 5.69 Å². The van der Waals surface area contributed by atoms with Crippen molar-refractivity contribution in [1.29, 1.82) is 5.41 Å². The Morgan fingerprint density at radius 2 is 1.76 bits per heavy atom. The van der Waals surface area contributed by atoms with Gasteiger partial charge in [0.25, 0.3) is 5.91 Å². The molecule has 2 heterocycles. The molecule has 38 heavy (non-hydrogen) atoms. The summed E-state index contributed by atoms with van der Waals surface area (Å²) in [6.07, 6.45) is -4.80. The van der Waals surface area contributed by atoms with Crippen LogP contribution in [0.15, 0.2) is 77.7 Å². The number of aromatic nitrogens is 2. The number of anilines is 1. The van der Waals surface area contributed by atoms with Crippen LogP contribution in [-0.4, -0.2) is 29.9 Å². The Morgan fingerprint density at radius 3 is 2.45 bits per heavy atom. The van der Waals surface area contributed by atoms with Crippen molar-refractivity contribution in [2.45, 2.75) is 17.6 Å². The second-order valence-electron chi connectivity index (χ2n) is 8.44. The van der Waals surface area contributed by atoms with Crippen molar-refractivity contribution in [2.24, 2.45) is 5.73 Å². The number of rotatable bonds is 5. The zero-order valence-electron chi connectivity index (χ0n) is 19.4. The molecule has 5 N–H and O–H groups in total. The van der Waals surface area contributed by atoms with E-state index in [9.17, 15) is 26.4 Å². The lowest BCUT2D eigenvalue weighted by Gasteiger charge is -2.11. The number of fused-ring (bicyclic) bond motifs is 1. The summed E-state index contributed by atoms with van der Waals surface area (Å²) < 4.78 is 68.5. The van der Waals surface area contributed by atoms with E-state index in [-0.39, 0.29) is 39.9 Å². The van der Waals surface area contributed by atoms with E-state index in [2.05, 4.69) is 15.1 Å². The fraction of sp³-hybridized carbons (Fsp3) is 0.0800. The minimum atomic E-state index is -4.80. The monoisotopic (exact) mass is 540 g/mol. The van der Waals surface area contributed by atoms with E-state index in [4.69, 9.17) is 11.1 Å². The molecule has 1 amide bonds. The number of hydrogen-bond acceptors (Lipinski definition) is 5. The zero-order valence-corrected chi connectivity index (χ0v) is 20.2. The number of benzene rings is 3. The van der Waals surface area contributed by atoms with Crippen molar-refractivity contribution >= 4 is 27.5 Å². The van der Waals surface area contributed by atoms with Gasteiger partial charge in [-0.2, -0.15) is 18.3 Å². The Bertz CT molecular complexity index is 1700. The number of amidine groups is 1. The highest BCUT2D eigenvalue weighted by atomic mass is 32.2. The van der Waals surface area contributed by atoms with Gasteiger partial charge in [0.2, 0.25) is 10.0 Å². The second-order valence-corrected chi connectivity index (χ2v) is 10.1. The maximum absolute atomic E-state index is 13.4. The van der Waals surface area contributed by atoms with Crippen LogP contribution in [0.2, 0.25) is 0 Å². The number of nitrogens with one attached hydrogen (secondary N) is 3. The Balaban J connectivity index is 1.47. The predicted molar refractivity (Wildman–Crippen MR) is 133 cm³/mol. The third kappa shape index (κ3) is 4.64. The number of nitrogen functional groups attached to an aromatic ring is 1. The molecule has 0 radical (unpaired) electrons. The van der Waals surface area contributed by atoms with E-state index in [1.807, 2.05) is 0 Å². The van der Waals surface area contributed by atoms with Crippen LogP contribution in [0.25, 0.3) is 16.8 Å². The van der Waals surface area contributed by atoms with Gasteiger partial charge in [0, 0.05) is 29.4 Å². The minimum absolute atomic E-state index is 0.112. The number of halogens is 3. The molecule has 0 unspecified atom stereocenters. The smallest absolute Gasteiger partial charge is 0.384 e. The van der Waals surface area contributed by atoms with Crippen LogP contribution >= 0.6 is 0 Å². The molecule has 0 aliphatic carbocycles. The molecule has 194 valence electrons. The third-order valence-electron chi connectivity index (χ3n) is 5.91. The van der Waals surface area contributed by atoms with Crippen LogP contribution in [0.4, 0.5) is 18.9 Å². The Hall–Kier alpha value is -4.49. The lowest BCUT2D eigenvalue weighted by atomic mass is 10.0. The van der Waals surface area contributed by atoms with Crippen LogP contribution in [0.1, 0.15) is 27.3 Å². The minimum Gasteiger partial charge on any atom is -0.384 e. The zero-order chi connectivity index (χ0) is 27.2. The quantitative estimate of drug-likeness (QED) is 0.224. The number of nitrogens with two attached hydrogens (primary N) is 1. The van der Waals surface area contributed by atoms with Gasteiger partial charge in [0.1, 0.15) is 11.5 Å². The molecule has 9 nitrogen and oxygen atoms in total. The van der Waals surface area contributed by atoms with Crippen LogP contribution in [-0.2, 0) is 22.7 Å². The van der Waals surface area contributed by atoms with Crippen molar-refractivity contribution in [2.75, 3.05) is 5.32 Å². The molecule has 5 rings (SSSR count). The molecule has 1 aliphatic heterocycles. The Kier molecular flexibility index (Phi) is 6.04. The highest BCUT2D eigenvalue weighted by Crippen LogP contribution is 2.34. The highest BCUT2D eigenvalue weighted by Gasteiger charge is 2.36. The van der Waals surface area contributed by atoms with E-state index < -0.39 is 27.8 Å². The van der Waals surface area contributed by atoms with E-state index >= 15 is 0 Å². The summed E-state index contributed by atoms with van der Waals surface area (Å²) in [5, 5.41) is 13.7. The lowest BCUT2D eigenvalue weighted by Crippen LogP contribution is -2.17. The molecular weight excluding hydrogens is 521 g/mol. The molecule has 13 heteroatoms. The summed E-state index contributed by atoms with van der Waals surface area (Å²) in [6, 6.07) is 17.8. The van der Waals surface area contributed by atoms with Gasteiger partial charge < -0.3 is 11.1 Å². The second kappa shape index (κ2) is 9.11. The first kappa shape index (κ1) is 25.2. The molecule has 1 aliphatic rings. The van der Waals surface area contributed by atoms with Crippen LogP contribution in [0.5, 0.6) is 0 Å². The molecule has 0 saturated heterocycles. The SMILES string of the molecule is N=C(N)c1cccc(-n2nc(C(F)(F)F)cc2C(=O)Nc2ccc(-c3cccc4c3S(=O)(=O)NC4)cc2)c1. The Labute approximate surface area is 214 Å². The standard InChI is InChI=1S/C25H19F3N6O3S/c26-25(27,28)21-12-20(34(33-21)18-5-1-3-15(11-18)23(29)30)24(35)32-17-9-7-14(8-10-17)19-6-2-4-16-13-31-38(36,37)22(16)19/h1-12,31H,13H2,(H3,29,30)(H,32,35). The van der Waals surface area contributed by atoms with Crippen LogP contribution in [0.3, 0.4) is 0 Å². The molecule has 0 fully saturated rings. The largest absolute Gasteiger partial charge is 0.435 e. The molecular formula is C25H19F3N6O3S. The predicted octanol–water partition coefficient (Wildman–Crippen LogP) is 3.89. The van der Waals surface area contributed by atoms with Crippen molar-refractivity contribution in [3.05, 3.63) is 95.3 Å². The van der Waals surface area contributed by atoms with Crippen LogP contribution in [0, 0.1) is 5.41 Å². The average Bonchev–Trinajstić information content (AvgIpc) is 3.47. The third-order valence-corrected chi connectivity index (χ3v) is 7.45. The number of nitrogens with zero attached hydrogens (tertiary/aromatic N) is 2. The number of carbonyl (C=O) groups is 1. The molecule has 0 atom stereocenters. The van der Waals surface area contributed by atoms with Gasteiger partial charge in [-0.25, -0.2) is 17.8 Å². The first-order chi connectivity index (χ1) is 17.9. The lowest BCUT2D eigenvalue weighted by molar-refractivity contribution is -0.141. The number of hydrogen-bond donors (Lipinski definition) is 4. The maximum atomic E-state index is 13.4. The molecule has 0 spiro atoms. The van der Waals surface area contributed by atoms with Gasteiger partial charge in [-0.1, -0.05) is 42.5 Å². The first-order valence-corrected chi connectivity index (χ1v) is 12.6. The average molecular weight is 541 g/mol. The summed E-state index contributed by atoms with van der Waals surface area (Å²) in [5.74, 6) is -1.16. The molecule has 4 aromatic rings. The van der Waals surface area contributed by atoms with Gasteiger partial charge in [-0.05, 0) is 35.4 Å². The van der Waals surface area contributed by atoms with E-state index in [1.165, 1.54) is 36.4 Å². The van der Waals surface area contributed by atoms with E-state index in [0.29, 0.717) is 22.8 Å². The van der Waals surface area contributed by atoms with Crippen molar-refractivity contribution in [1.82, 2.24) is 14.5 Å². The fourth-order valence-electron chi connectivity index (χ4n) is 4.13. The fourth-order valence-corrected chi connectivity index (χ4v) is 5.58. The summed E-state index contributed by atoms with van der Waals surface area (Å²) >= 11 is 0. The normalized spacial score (nSPS) is 14.2. The van der Waals surface area contributed by atoms with E-state index in [0.717, 1.165) is 4.68 Å². The van der Waals surface area contributed by atoms with Gasteiger partial charge in [-0.15, -0.1) is 0 Å². The molecule has 3 aromatic carbocycles. The number of amides is 1. The highest BCUT2D eigenvalue weighted by molar-refractivity contribution is 7.90. The number of carbonyl (C=O) groups excluding carboxylic acids is 1. The maximum Gasteiger partial charge on any atom is 0.435 e. The van der Waals surface area contributed by atoms with Crippen molar-refractivity contribution < 1.29 is 26.4 Å². The summed E-state index contributed by atoms with van der Waals surface area (Å²) in [4.78, 5) is 13.3. The summed E-state index contributed by atoms with van der Waals surface area (Å²) in [6.45, 7) is 0.197. The van der Waals surface area contributed by atoms with E-state index in [1.54, 1.807) is 30.3 Å². The van der Waals surface area contributed by atoms with Crippen LogP contribution < -0.4 is 15.8 Å². The first-order valence-electron chi connectivity index (χ1n) is 11.1. The number of sulfonamides is 1. The summed E-state index contributed by atoms with van der Waals surface area (Å²) in [5.41, 5.74) is 6.18. The molecule has 1 aromatic heterocycles. The van der Waals surface area contributed by atoms with Gasteiger partial charge in [-0.3, -0.25) is 10.2 Å². The Morgan fingerprint density at radius 1 is 1.05 bits per heavy atom. The summed E-state index contributed by atoms with van der Waals surface area (Å²) in [7, 11) is -3.64. The van der Waals surface area contributed by atoms with Gasteiger partial charge >= 0.3 is 6.18 Å². The molecule has 0 bridgehead atoms.